The molecule has 0 spiro atoms. The Balaban J connectivity index is 4.08. The maximum Gasteiger partial charge on any atom is 0.306 e. The first-order chi connectivity index (χ1) is 18.6. The number of rotatable bonds is 28. The number of aliphatic carboxylic acids is 1. The van der Waals surface area contributed by atoms with Crippen molar-refractivity contribution in [3.8, 4) is 0 Å². The Bertz CT molecular complexity index is 620. The van der Waals surface area contributed by atoms with E-state index in [1.165, 1.54) is 38.5 Å². The Morgan fingerprint density at radius 3 is 1.71 bits per heavy atom. The summed E-state index contributed by atoms with van der Waals surface area (Å²) in [7, 11) is 0. The summed E-state index contributed by atoms with van der Waals surface area (Å²) >= 11 is 0. The lowest BCUT2D eigenvalue weighted by Crippen LogP contribution is -2.18. The normalized spacial score (nSPS) is 12.7. The van der Waals surface area contributed by atoms with Crippen LogP contribution in [-0.4, -0.2) is 23.1 Å². The number of carbonyl (C=O) groups is 2. The molecule has 4 heteroatoms. The molecule has 1 N–H and O–H groups in total. The second kappa shape index (κ2) is 29.7. The molecule has 0 radical (unpaired) electrons. The molecule has 4 nitrogen and oxygen atoms in total. The van der Waals surface area contributed by atoms with Gasteiger partial charge in [0.1, 0.15) is 6.10 Å². The third kappa shape index (κ3) is 28.7. The highest BCUT2D eigenvalue weighted by Crippen LogP contribution is 2.18. The van der Waals surface area contributed by atoms with Gasteiger partial charge in [-0.1, -0.05) is 115 Å². The topological polar surface area (TPSA) is 63.6 Å². The molecule has 1 unspecified atom stereocenters. The van der Waals surface area contributed by atoms with E-state index in [0.717, 1.165) is 96.3 Å². The van der Waals surface area contributed by atoms with Crippen molar-refractivity contribution in [1.29, 1.82) is 0 Å². The lowest BCUT2D eigenvalue weighted by molar-refractivity contribution is -0.150. The SMILES string of the molecule is CC/C=C\C/C=C\C/C=C\CCCCCC(=O)OC(CCCCCCCCC)CCCCCCCC(=O)O. The van der Waals surface area contributed by atoms with Crippen LogP contribution in [0.2, 0.25) is 0 Å². The van der Waals surface area contributed by atoms with Crippen LogP contribution in [0, 0.1) is 0 Å². The number of esters is 1. The molecule has 220 valence electrons. The van der Waals surface area contributed by atoms with Gasteiger partial charge in [0.15, 0.2) is 0 Å². The molecule has 0 saturated carbocycles. The lowest BCUT2D eigenvalue weighted by Gasteiger charge is -2.18. The van der Waals surface area contributed by atoms with Crippen molar-refractivity contribution >= 4 is 11.9 Å². The largest absolute Gasteiger partial charge is 0.481 e. The van der Waals surface area contributed by atoms with Crippen LogP contribution >= 0.6 is 0 Å². The molecule has 0 aliphatic heterocycles. The summed E-state index contributed by atoms with van der Waals surface area (Å²) in [6.07, 6.45) is 37.2. The van der Waals surface area contributed by atoms with Gasteiger partial charge >= 0.3 is 11.9 Å². The molecule has 0 aliphatic carbocycles. The first-order valence-electron chi connectivity index (χ1n) is 16.0. The van der Waals surface area contributed by atoms with Crippen LogP contribution in [0.1, 0.15) is 162 Å². The van der Waals surface area contributed by atoms with Gasteiger partial charge in [-0.3, -0.25) is 9.59 Å². The van der Waals surface area contributed by atoms with Gasteiger partial charge in [0.25, 0.3) is 0 Å². The lowest BCUT2D eigenvalue weighted by atomic mass is 10.0. The molecule has 0 fully saturated rings. The Morgan fingerprint density at radius 2 is 1.11 bits per heavy atom. The van der Waals surface area contributed by atoms with E-state index in [9.17, 15) is 9.59 Å². The highest BCUT2D eigenvalue weighted by atomic mass is 16.5. The number of carboxylic acid groups (broad SMARTS) is 1. The Morgan fingerprint density at radius 1 is 0.605 bits per heavy atom. The van der Waals surface area contributed by atoms with Crippen molar-refractivity contribution in [2.24, 2.45) is 0 Å². The number of allylic oxidation sites excluding steroid dienone is 6. The average Bonchev–Trinajstić information content (AvgIpc) is 2.89. The smallest absolute Gasteiger partial charge is 0.306 e. The van der Waals surface area contributed by atoms with Gasteiger partial charge in [0.05, 0.1) is 0 Å². The fourth-order valence-corrected chi connectivity index (χ4v) is 4.55. The number of ether oxygens (including phenoxy) is 1. The number of unbranched alkanes of at least 4 members (excludes halogenated alkanes) is 13. The van der Waals surface area contributed by atoms with Crippen LogP contribution in [0.15, 0.2) is 36.5 Å². The van der Waals surface area contributed by atoms with Crippen LogP contribution in [0.5, 0.6) is 0 Å². The van der Waals surface area contributed by atoms with Gasteiger partial charge in [0, 0.05) is 12.8 Å². The zero-order valence-corrected chi connectivity index (χ0v) is 25.0. The minimum atomic E-state index is -0.706. The van der Waals surface area contributed by atoms with Crippen molar-refractivity contribution in [2.45, 2.75) is 168 Å². The molecule has 0 amide bonds. The highest BCUT2D eigenvalue weighted by molar-refractivity contribution is 5.69. The molecule has 0 heterocycles. The summed E-state index contributed by atoms with van der Waals surface area (Å²) in [6, 6.07) is 0. The van der Waals surface area contributed by atoms with Crippen molar-refractivity contribution in [3.63, 3.8) is 0 Å². The Labute approximate surface area is 235 Å². The van der Waals surface area contributed by atoms with E-state index in [2.05, 4.69) is 50.3 Å². The summed E-state index contributed by atoms with van der Waals surface area (Å²) in [5.41, 5.74) is 0. The summed E-state index contributed by atoms with van der Waals surface area (Å²) in [5, 5.41) is 8.75. The number of carbonyl (C=O) groups excluding carboxylic acids is 1. The van der Waals surface area contributed by atoms with Crippen LogP contribution < -0.4 is 0 Å². The zero-order valence-electron chi connectivity index (χ0n) is 25.0. The van der Waals surface area contributed by atoms with Crippen LogP contribution in [0.25, 0.3) is 0 Å². The molecular formula is C34H60O4. The van der Waals surface area contributed by atoms with Crippen LogP contribution in [0.3, 0.4) is 0 Å². The van der Waals surface area contributed by atoms with Crippen molar-refractivity contribution in [3.05, 3.63) is 36.5 Å². The fraction of sp³-hybridized carbons (Fsp3) is 0.765. The standard InChI is InChI=1S/C34H60O4/c1-3-5-7-9-11-12-13-14-15-16-18-23-27-31-34(37)38-32(28-24-20-17-10-8-6-4-2)29-25-21-19-22-26-30-33(35)36/h5,7,11-12,14-15,32H,3-4,6,8-10,13,16-31H2,1-2H3,(H,35,36)/b7-5-,12-11-,15-14-. The summed E-state index contributed by atoms with van der Waals surface area (Å²) in [4.78, 5) is 23.1. The van der Waals surface area contributed by atoms with E-state index in [1.807, 2.05) is 0 Å². The van der Waals surface area contributed by atoms with E-state index < -0.39 is 5.97 Å². The molecule has 0 aromatic heterocycles. The summed E-state index contributed by atoms with van der Waals surface area (Å²) in [6.45, 7) is 4.40. The molecule has 0 aliphatic rings. The third-order valence-corrected chi connectivity index (χ3v) is 6.88. The summed E-state index contributed by atoms with van der Waals surface area (Å²) < 4.78 is 5.92. The van der Waals surface area contributed by atoms with Crippen molar-refractivity contribution < 1.29 is 19.4 Å². The predicted molar refractivity (Wildman–Crippen MR) is 162 cm³/mol. The first kappa shape index (κ1) is 36.2. The monoisotopic (exact) mass is 532 g/mol. The molecule has 1 atom stereocenters. The average molecular weight is 533 g/mol. The van der Waals surface area contributed by atoms with E-state index in [-0.39, 0.29) is 18.5 Å². The van der Waals surface area contributed by atoms with Gasteiger partial charge < -0.3 is 9.84 Å². The summed E-state index contributed by atoms with van der Waals surface area (Å²) in [5.74, 6) is -0.737. The van der Waals surface area contributed by atoms with Gasteiger partial charge in [-0.2, -0.15) is 0 Å². The third-order valence-electron chi connectivity index (χ3n) is 6.88. The molecule has 38 heavy (non-hydrogen) atoms. The van der Waals surface area contributed by atoms with E-state index in [4.69, 9.17) is 9.84 Å². The maximum absolute atomic E-state index is 12.5. The predicted octanol–water partition coefficient (Wildman–Crippen LogP) is 10.7. The molecule has 0 saturated heterocycles. The Kier molecular flexibility index (Phi) is 28.3. The molecule has 0 bridgehead atoms. The highest BCUT2D eigenvalue weighted by Gasteiger charge is 2.14. The first-order valence-corrected chi connectivity index (χ1v) is 16.0. The fourth-order valence-electron chi connectivity index (χ4n) is 4.55. The van der Waals surface area contributed by atoms with Crippen LogP contribution in [0.4, 0.5) is 0 Å². The molecular weight excluding hydrogens is 472 g/mol. The minimum absolute atomic E-state index is 0.0304. The van der Waals surface area contributed by atoms with E-state index in [0.29, 0.717) is 6.42 Å². The minimum Gasteiger partial charge on any atom is -0.481 e. The second-order valence-electron chi connectivity index (χ2n) is 10.6. The molecule has 0 aromatic carbocycles. The van der Waals surface area contributed by atoms with Crippen LogP contribution in [-0.2, 0) is 14.3 Å². The van der Waals surface area contributed by atoms with E-state index >= 15 is 0 Å². The van der Waals surface area contributed by atoms with Gasteiger partial charge in [-0.05, 0) is 70.6 Å². The van der Waals surface area contributed by atoms with Crippen molar-refractivity contribution in [2.75, 3.05) is 0 Å². The van der Waals surface area contributed by atoms with Gasteiger partial charge in [-0.15, -0.1) is 0 Å². The number of hydrogen-bond acceptors (Lipinski definition) is 3. The number of carboxylic acids is 1. The maximum atomic E-state index is 12.5. The van der Waals surface area contributed by atoms with E-state index in [1.54, 1.807) is 0 Å². The van der Waals surface area contributed by atoms with Gasteiger partial charge in [0.2, 0.25) is 0 Å². The quantitative estimate of drug-likeness (QED) is 0.0618. The van der Waals surface area contributed by atoms with Gasteiger partial charge in [-0.25, -0.2) is 0 Å². The molecule has 0 aromatic rings. The Hall–Kier alpha value is -1.84. The second-order valence-corrected chi connectivity index (χ2v) is 10.6. The van der Waals surface area contributed by atoms with Crippen molar-refractivity contribution in [1.82, 2.24) is 0 Å². The molecule has 0 rings (SSSR count). The zero-order chi connectivity index (χ0) is 27.9. The number of hydrogen-bond donors (Lipinski definition) is 1.